The van der Waals surface area contributed by atoms with Crippen molar-refractivity contribution in [2.75, 3.05) is 26.2 Å². The molecule has 0 aliphatic carbocycles. The van der Waals surface area contributed by atoms with Crippen LogP contribution in [0, 0.1) is 5.82 Å². The van der Waals surface area contributed by atoms with E-state index in [4.69, 9.17) is 4.74 Å². The first kappa shape index (κ1) is 22.5. The van der Waals surface area contributed by atoms with E-state index in [9.17, 15) is 19.1 Å². The fraction of sp³-hybridized carbons (Fsp3) is 0.300. The van der Waals surface area contributed by atoms with E-state index in [0.29, 0.717) is 19.7 Å². The number of rotatable bonds is 6. The molecule has 2 aromatic carbocycles. The predicted molar refractivity (Wildman–Crippen MR) is 94.5 cm³/mol. The van der Waals surface area contributed by atoms with Gasteiger partial charge in [-0.15, -0.1) is 0 Å². The number of ether oxygens (including phenoxy) is 1. The average Bonchev–Trinajstić information content (AvgIpc) is 2.68. The van der Waals surface area contributed by atoms with E-state index in [-0.39, 0.29) is 59.2 Å². The van der Waals surface area contributed by atoms with Crippen LogP contribution in [0.5, 0.6) is 0 Å². The minimum atomic E-state index is -1.39. The van der Waals surface area contributed by atoms with Crippen LogP contribution in [0.15, 0.2) is 48.5 Å². The number of nitrogens with one attached hydrogen (secondary N) is 1. The van der Waals surface area contributed by atoms with E-state index in [1.54, 1.807) is 24.3 Å². The molecule has 0 spiro atoms. The van der Waals surface area contributed by atoms with Gasteiger partial charge in [0.1, 0.15) is 5.82 Å². The van der Waals surface area contributed by atoms with Crippen molar-refractivity contribution < 1.29 is 53.4 Å². The molecule has 0 radical (unpaired) electrons. The number of benzene rings is 2. The van der Waals surface area contributed by atoms with Crippen molar-refractivity contribution in [3.63, 3.8) is 0 Å². The van der Waals surface area contributed by atoms with Crippen LogP contribution in [-0.4, -0.2) is 49.1 Å². The van der Waals surface area contributed by atoms with Crippen molar-refractivity contribution >= 4 is 11.9 Å². The number of carbonyl (C=O) groups excluding carboxylic acids is 2. The van der Waals surface area contributed by atoms with Gasteiger partial charge in [0.2, 0.25) is 0 Å². The summed E-state index contributed by atoms with van der Waals surface area (Å²) in [6.45, 7) is 2.81. The van der Waals surface area contributed by atoms with Gasteiger partial charge in [0, 0.05) is 37.3 Å². The number of amides is 1. The van der Waals surface area contributed by atoms with Crippen LogP contribution in [-0.2, 0) is 11.3 Å². The molecule has 1 amide bonds. The molecule has 28 heavy (non-hydrogen) atoms. The Balaban J connectivity index is 0.00000280. The molecule has 8 heteroatoms. The number of aromatic carboxylic acids is 1. The first-order chi connectivity index (χ1) is 13.0. The molecule has 1 saturated heterocycles. The van der Waals surface area contributed by atoms with Gasteiger partial charge in [-0.05, 0) is 23.8 Å². The van der Waals surface area contributed by atoms with Crippen molar-refractivity contribution in [1.82, 2.24) is 10.2 Å². The Labute approximate surface area is 185 Å². The minimum absolute atomic E-state index is 0. The minimum Gasteiger partial charge on any atom is -0.545 e. The Hall–Kier alpha value is -1.77. The largest absolute Gasteiger partial charge is 1.00 e. The van der Waals surface area contributed by atoms with E-state index in [1.807, 2.05) is 0 Å². The van der Waals surface area contributed by atoms with Crippen molar-refractivity contribution in [1.29, 1.82) is 0 Å². The molecule has 1 aliphatic rings. The molecule has 2 aromatic rings. The fourth-order valence-electron chi connectivity index (χ4n) is 3.06. The number of carboxylic acids is 1. The molecular formula is C20H20FN2NaO4. The van der Waals surface area contributed by atoms with Gasteiger partial charge in [-0.25, -0.2) is 4.39 Å². The van der Waals surface area contributed by atoms with Crippen LogP contribution in [0.4, 0.5) is 4.39 Å². The van der Waals surface area contributed by atoms with Gasteiger partial charge in [-0.1, -0.05) is 30.3 Å². The van der Waals surface area contributed by atoms with Gasteiger partial charge in [-0.3, -0.25) is 9.69 Å². The van der Waals surface area contributed by atoms with Crippen LogP contribution in [0.25, 0.3) is 0 Å². The number of halogens is 1. The average molecular weight is 394 g/mol. The first-order valence-corrected chi connectivity index (χ1v) is 8.70. The molecular weight excluding hydrogens is 374 g/mol. The van der Waals surface area contributed by atoms with E-state index in [2.05, 4.69) is 10.2 Å². The van der Waals surface area contributed by atoms with Crippen LogP contribution in [0.3, 0.4) is 0 Å². The molecule has 1 fully saturated rings. The van der Waals surface area contributed by atoms with Gasteiger partial charge in [-0.2, -0.15) is 0 Å². The fourth-order valence-corrected chi connectivity index (χ4v) is 3.06. The second-order valence-electron chi connectivity index (χ2n) is 6.40. The van der Waals surface area contributed by atoms with Gasteiger partial charge in [0.25, 0.3) is 5.91 Å². The predicted octanol–water partition coefficient (Wildman–Crippen LogP) is -2.18. The summed E-state index contributed by atoms with van der Waals surface area (Å²) in [6, 6.07) is 12.3. The van der Waals surface area contributed by atoms with E-state index < -0.39 is 11.9 Å². The van der Waals surface area contributed by atoms with Crippen molar-refractivity contribution in [3.05, 3.63) is 71.0 Å². The zero-order chi connectivity index (χ0) is 19.2. The summed E-state index contributed by atoms with van der Waals surface area (Å²) in [5.41, 5.74) is 0.929. The normalized spacial score (nSPS) is 16.8. The third kappa shape index (κ3) is 6.12. The molecule has 1 aliphatic heterocycles. The monoisotopic (exact) mass is 394 g/mol. The summed E-state index contributed by atoms with van der Waals surface area (Å²) in [5, 5.41) is 13.8. The third-order valence-corrected chi connectivity index (χ3v) is 4.42. The Morgan fingerprint density at radius 1 is 1.14 bits per heavy atom. The number of hydrogen-bond acceptors (Lipinski definition) is 5. The number of morpholine rings is 1. The summed E-state index contributed by atoms with van der Waals surface area (Å²) in [6.07, 6.45) is -0.210. The van der Waals surface area contributed by atoms with E-state index in [1.165, 1.54) is 24.3 Å². The van der Waals surface area contributed by atoms with Crippen molar-refractivity contribution in [2.24, 2.45) is 0 Å². The Morgan fingerprint density at radius 3 is 2.50 bits per heavy atom. The van der Waals surface area contributed by atoms with Gasteiger partial charge in [0.05, 0.1) is 18.7 Å². The standard InChI is InChI=1S/C20H21FN2O4.Na/c21-15-7-5-14(6-8-15)12-23-9-10-27-16(13-23)11-22-19(24)17-3-1-2-4-18(17)20(25)26;/h1-8,16H,9-13H2,(H,22,24)(H,25,26);/q;+1/p-1. The number of hydrogen-bond donors (Lipinski definition) is 1. The van der Waals surface area contributed by atoms with Crippen LogP contribution < -0.4 is 40.0 Å². The smallest absolute Gasteiger partial charge is 0.545 e. The Bertz CT molecular complexity index is 816. The van der Waals surface area contributed by atoms with Crippen molar-refractivity contribution in [3.8, 4) is 0 Å². The number of carboxylic acid groups (broad SMARTS) is 1. The summed E-state index contributed by atoms with van der Waals surface area (Å²) in [5.74, 6) is -2.13. The van der Waals surface area contributed by atoms with Crippen LogP contribution >= 0.6 is 0 Å². The van der Waals surface area contributed by atoms with Crippen molar-refractivity contribution in [2.45, 2.75) is 12.6 Å². The molecule has 1 unspecified atom stereocenters. The second kappa shape index (κ2) is 10.7. The summed E-state index contributed by atoms with van der Waals surface area (Å²) in [7, 11) is 0. The zero-order valence-electron chi connectivity index (χ0n) is 15.7. The zero-order valence-corrected chi connectivity index (χ0v) is 17.7. The molecule has 6 nitrogen and oxygen atoms in total. The first-order valence-electron chi connectivity index (χ1n) is 8.70. The van der Waals surface area contributed by atoms with Gasteiger partial charge in [0.15, 0.2) is 0 Å². The molecule has 1 atom stereocenters. The van der Waals surface area contributed by atoms with Crippen LogP contribution in [0.2, 0.25) is 0 Å². The molecule has 3 rings (SSSR count). The summed E-state index contributed by atoms with van der Waals surface area (Å²) >= 11 is 0. The molecule has 1 N–H and O–H groups in total. The molecule has 142 valence electrons. The van der Waals surface area contributed by atoms with Gasteiger partial charge < -0.3 is 20.0 Å². The number of carbonyl (C=O) groups is 2. The number of nitrogens with zero attached hydrogens (tertiary/aromatic N) is 1. The van der Waals surface area contributed by atoms with Crippen LogP contribution in [0.1, 0.15) is 26.3 Å². The molecule has 1 heterocycles. The quantitative estimate of drug-likeness (QED) is 0.564. The second-order valence-corrected chi connectivity index (χ2v) is 6.40. The Morgan fingerprint density at radius 2 is 1.82 bits per heavy atom. The third-order valence-electron chi connectivity index (χ3n) is 4.42. The maximum atomic E-state index is 13.0. The SMILES string of the molecule is O=C([O-])c1ccccc1C(=O)NCC1CN(Cc2ccc(F)cc2)CCO1.[Na+]. The maximum Gasteiger partial charge on any atom is 1.00 e. The molecule has 0 aromatic heterocycles. The summed E-state index contributed by atoms with van der Waals surface area (Å²) < 4.78 is 18.7. The van der Waals surface area contributed by atoms with E-state index in [0.717, 1.165) is 12.1 Å². The molecule has 0 bridgehead atoms. The Kier molecular flexibility index (Phi) is 8.59. The maximum absolute atomic E-state index is 13.0. The van der Waals surface area contributed by atoms with E-state index >= 15 is 0 Å². The van der Waals surface area contributed by atoms with Gasteiger partial charge >= 0.3 is 29.6 Å². The molecule has 0 saturated carbocycles. The summed E-state index contributed by atoms with van der Waals surface area (Å²) in [4.78, 5) is 25.6. The topological polar surface area (TPSA) is 81.7 Å².